The first-order valence-corrected chi connectivity index (χ1v) is 25.0. The van der Waals surface area contributed by atoms with Crippen LogP contribution >= 0.6 is 36.2 Å². The highest BCUT2D eigenvalue weighted by Crippen LogP contribution is 2.65. The molecule has 0 amide bonds. The minimum atomic E-state index is 0.272. The van der Waals surface area contributed by atoms with Gasteiger partial charge in [0.05, 0.1) is 79.0 Å². The maximum Gasteiger partial charge on any atom is 0.163 e. The number of nitriles is 3. The third-order valence-electron chi connectivity index (χ3n) is 12.6. The summed E-state index contributed by atoms with van der Waals surface area (Å²) in [5, 5.41) is 30.8. The lowest BCUT2D eigenvalue weighted by atomic mass is 9.88. The highest BCUT2D eigenvalue weighted by atomic mass is 32.2. The largest absolute Gasteiger partial charge is 0.308 e. The predicted molar refractivity (Wildman–Crippen MR) is 290 cm³/mol. The van der Waals surface area contributed by atoms with E-state index in [0.717, 1.165) is 59.3 Å². The molecule has 0 radical (unpaired) electrons. The Morgan fingerprint density at radius 3 is 1.30 bits per heavy atom. The van der Waals surface area contributed by atoms with Crippen LogP contribution in [0, 0.1) is 40.9 Å². The van der Waals surface area contributed by atoms with Crippen LogP contribution in [-0.4, -0.2) is 24.9 Å². The van der Waals surface area contributed by atoms with Gasteiger partial charge in [-0.2, -0.15) is 15.8 Å². The van der Waals surface area contributed by atoms with Gasteiger partial charge in [0.2, 0.25) is 0 Å². The molecule has 0 unspecified atom stereocenters. The molecule has 0 fully saturated rings. The zero-order valence-electron chi connectivity index (χ0n) is 38.6. The van der Waals surface area contributed by atoms with Gasteiger partial charge in [0, 0.05) is 66.7 Å². The number of pyridine rings is 1. The van der Waals surface area contributed by atoms with Crippen LogP contribution in [0.4, 0.5) is 51.2 Å². The molecule has 11 nitrogen and oxygen atoms in total. The van der Waals surface area contributed by atoms with Crippen molar-refractivity contribution in [3.8, 4) is 52.2 Å². The van der Waals surface area contributed by atoms with Crippen molar-refractivity contribution in [2.45, 2.75) is 31.4 Å². The maximum absolute atomic E-state index is 10.3. The molecule has 14 heteroatoms. The first kappa shape index (κ1) is 44.9. The molecule has 5 heterocycles. The Hall–Kier alpha value is -9.23. The lowest BCUT2D eigenvalue weighted by Crippen LogP contribution is -2.24. The van der Waals surface area contributed by atoms with Crippen molar-refractivity contribution in [1.29, 1.82) is 15.8 Å². The van der Waals surface area contributed by atoms with Crippen LogP contribution in [0.2, 0.25) is 0 Å². The van der Waals surface area contributed by atoms with Crippen LogP contribution in [0.3, 0.4) is 0 Å². The molecule has 0 bridgehead atoms. The second-order valence-electron chi connectivity index (χ2n) is 16.9. The molecule has 3 aromatic heterocycles. The summed E-state index contributed by atoms with van der Waals surface area (Å²) >= 11 is 8.59. The van der Waals surface area contributed by atoms with E-state index in [0.29, 0.717) is 55.7 Å². The van der Waals surface area contributed by atoms with Gasteiger partial charge < -0.3 is 14.7 Å². The maximum atomic E-state index is 10.3. The molecule has 344 valence electrons. The molecule has 12 rings (SSSR count). The van der Waals surface area contributed by atoms with E-state index in [1.165, 1.54) is 12.4 Å². The molecule has 2 aliphatic heterocycles. The summed E-state index contributed by atoms with van der Waals surface area (Å²) in [5.74, 6) is 0.567. The quantitative estimate of drug-likeness (QED) is 0.144. The van der Waals surface area contributed by atoms with E-state index in [-0.39, 0.29) is 17.0 Å². The van der Waals surface area contributed by atoms with Crippen molar-refractivity contribution in [3.05, 3.63) is 211 Å². The second kappa shape index (κ2) is 18.8. The minimum Gasteiger partial charge on any atom is -0.308 e. The van der Waals surface area contributed by atoms with Gasteiger partial charge in [-0.1, -0.05) is 102 Å². The van der Waals surface area contributed by atoms with Crippen molar-refractivity contribution >= 4 is 87.3 Å². The van der Waals surface area contributed by atoms with E-state index >= 15 is 0 Å². The predicted octanol–water partition coefficient (Wildman–Crippen LogP) is 15.2. The topological polar surface area (TPSA) is 146 Å². The summed E-state index contributed by atoms with van der Waals surface area (Å²) in [6.45, 7) is 2.07. The SMILES string of the molecule is Cc1ccccc1N(c1ccccc1S)c1c(-c2ccc(C#N)cn2)c(N2c3ccccc3Sc3ccccc32)c(-c2ncc(C#N)cn2)c(N2c3ccccc3Sc3ccccc32)c1-c1ncc(C#N)cn1. The lowest BCUT2D eigenvalue weighted by molar-refractivity contribution is 1.10. The lowest BCUT2D eigenvalue weighted by Gasteiger charge is -2.42. The number of nitrogens with zero attached hydrogens (tertiary/aromatic N) is 11. The normalized spacial score (nSPS) is 12.0. The number of hydrogen-bond donors (Lipinski definition) is 1. The first-order valence-electron chi connectivity index (χ1n) is 23.0. The summed E-state index contributed by atoms with van der Waals surface area (Å²) in [7, 11) is 0. The monoisotopic (exact) mass is 993 g/mol. The van der Waals surface area contributed by atoms with Crippen LogP contribution in [0.15, 0.2) is 213 Å². The summed E-state index contributed by atoms with van der Waals surface area (Å²) in [5.41, 5.74) is 10.9. The fourth-order valence-corrected chi connectivity index (χ4v) is 11.8. The van der Waals surface area contributed by atoms with E-state index in [4.69, 9.17) is 37.5 Å². The van der Waals surface area contributed by atoms with Gasteiger partial charge in [0.1, 0.15) is 18.2 Å². The summed E-state index contributed by atoms with van der Waals surface area (Å²) < 4.78 is 0. The van der Waals surface area contributed by atoms with E-state index < -0.39 is 0 Å². The highest BCUT2D eigenvalue weighted by Gasteiger charge is 2.42. The number of para-hydroxylation sites is 6. The second-order valence-corrected chi connectivity index (χ2v) is 19.5. The van der Waals surface area contributed by atoms with Gasteiger partial charge in [0.25, 0.3) is 0 Å². The van der Waals surface area contributed by atoms with Crippen LogP contribution < -0.4 is 14.7 Å². The van der Waals surface area contributed by atoms with Gasteiger partial charge in [-0.3, -0.25) is 4.98 Å². The Kier molecular flexibility index (Phi) is 11.6. The average molecular weight is 994 g/mol. The van der Waals surface area contributed by atoms with E-state index in [1.54, 1.807) is 48.2 Å². The molecule has 10 aromatic rings. The smallest absolute Gasteiger partial charge is 0.163 e. The molecular formula is C59H35N11S3. The van der Waals surface area contributed by atoms with Crippen LogP contribution in [0.5, 0.6) is 0 Å². The Morgan fingerprint density at radius 2 is 0.849 bits per heavy atom. The number of fused-ring (bicyclic) bond motifs is 4. The summed E-state index contributed by atoms with van der Waals surface area (Å²) in [6.07, 6.45) is 7.74. The standard InChI is InChI=1S/C59H35N11S3/c1-36-14-2-3-15-41(36)68(42-16-4-9-21-47(42)71)55-52(40-27-26-37(28-60)31-63-40)56(69-43-17-5-10-22-48(43)72-49-23-11-6-18-44(49)69)54(59-66-34-39(30-62)35-67-59)57(53(55)58-64-32-38(29-61)33-65-58)70-45-19-7-12-24-50(45)73-51-25-13-8-20-46(51)70/h2-27,31-35,71H,1H3. The van der Waals surface area contributed by atoms with Gasteiger partial charge in [-0.25, -0.2) is 19.9 Å². The third-order valence-corrected chi connectivity index (χ3v) is 15.2. The van der Waals surface area contributed by atoms with Crippen molar-refractivity contribution in [3.63, 3.8) is 0 Å². The van der Waals surface area contributed by atoms with Gasteiger partial charge in [0.15, 0.2) is 11.6 Å². The molecule has 0 spiro atoms. The Bertz CT molecular complexity index is 3640. The number of rotatable bonds is 8. The fourth-order valence-electron chi connectivity index (χ4n) is 9.42. The molecule has 0 saturated heterocycles. The fraction of sp³-hybridized carbons (Fsp3) is 0.0169. The highest BCUT2D eigenvalue weighted by molar-refractivity contribution is 8.00. The molecule has 0 atom stereocenters. The van der Waals surface area contributed by atoms with Gasteiger partial charge in [-0.05, 0) is 91.3 Å². The molecule has 0 N–H and O–H groups in total. The summed E-state index contributed by atoms with van der Waals surface area (Å²) in [6, 6.07) is 59.6. The van der Waals surface area contributed by atoms with Gasteiger partial charge >= 0.3 is 0 Å². The zero-order chi connectivity index (χ0) is 49.6. The Balaban J connectivity index is 1.43. The number of aryl methyl sites for hydroxylation is 1. The zero-order valence-corrected chi connectivity index (χ0v) is 41.1. The van der Waals surface area contributed by atoms with Crippen molar-refractivity contribution in [1.82, 2.24) is 24.9 Å². The van der Waals surface area contributed by atoms with Crippen molar-refractivity contribution in [2.24, 2.45) is 0 Å². The Morgan fingerprint density at radius 1 is 0.438 bits per heavy atom. The first-order chi connectivity index (χ1) is 35.9. The number of aromatic nitrogens is 5. The van der Waals surface area contributed by atoms with Crippen LogP contribution in [0.25, 0.3) is 34.0 Å². The number of benzene rings is 7. The molecule has 7 aromatic carbocycles. The minimum absolute atomic E-state index is 0.272. The van der Waals surface area contributed by atoms with E-state index in [1.807, 2.05) is 91.0 Å². The van der Waals surface area contributed by atoms with E-state index in [9.17, 15) is 15.8 Å². The molecule has 73 heavy (non-hydrogen) atoms. The number of anilines is 9. The molecule has 0 aliphatic carbocycles. The van der Waals surface area contributed by atoms with E-state index in [2.05, 4.69) is 100 Å². The van der Waals surface area contributed by atoms with Crippen LogP contribution in [0.1, 0.15) is 22.3 Å². The third kappa shape index (κ3) is 7.77. The van der Waals surface area contributed by atoms with Crippen LogP contribution in [-0.2, 0) is 0 Å². The Labute approximate surface area is 434 Å². The van der Waals surface area contributed by atoms with Gasteiger partial charge in [-0.15, -0.1) is 12.6 Å². The molecule has 2 aliphatic rings. The molecule has 0 saturated carbocycles. The number of hydrogen-bond acceptors (Lipinski definition) is 14. The van der Waals surface area contributed by atoms with Crippen molar-refractivity contribution < 1.29 is 0 Å². The average Bonchev–Trinajstić information content (AvgIpc) is 3.44. The number of thiol groups is 1. The summed E-state index contributed by atoms with van der Waals surface area (Å²) in [4.78, 5) is 37.1. The van der Waals surface area contributed by atoms with Crippen molar-refractivity contribution in [2.75, 3.05) is 14.7 Å². The molecular weight excluding hydrogens is 959 g/mol.